The van der Waals surface area contributed by atoms with Gasteiger partial charge in [-0.2, -0.15) is 0 Å². The van der Waals surface area contributed by atoms with E-state index in [0.29, 0.717) is 5.92 Å². The predicted octanol–water partition coefficient (Wildman–Crippen LogP) is 2.07. The number of imide groups is 1. The first-order valence-electron chi connectivity index (χ1n) is 6.33. The fourth-order valence-corrected chi connectivity index (χ4v) is 1.59. The number of hydrogen-bond acceptors (Lipinski definition) is 3. The number of urea groups is 1. The molecule has 0 radical (unpaired) electrons. The zero-order valence-corrected chi connectivity index (χ0v) is 11.8. The summed E-state index contributed by atoms with van der Waals surface area (Å²) in [6.45, 7) is 5.93. The molecule has 0 aliphatic heterocycles. The van der Waals surface area contributed by atoms with E-state index < -0.39 is 12.1 Å². The maximum Gasteiger partial charge on any atom is 0.321 e. The van der Waals surface area contributed by atoms with Gasteiger partial charge in [0.05, 0.1) is 0 Å². The van der Waals surface area contributed by atoms with Crippen molar-refractivity contribution in [2.75, 3.05) is 12.4 Å². The van der Waals surface area contributed by atoms with Gasteiger partial charge in [-0.3, -0.25) is 10.1 Å². The van der Waals surface area contributed by atoms with Crippen molar-refractivity contribution in [3.8, 4) is 0 Å². The van der Waals surface area contributed by atoms with Crippen molar-refractivity contribution < 1.29 is 9.59 Å². The van der Waals surface area contributed by atoms with Gasteiger partial charge in [0.15, 0.2) is 0 Å². The molecule has 5 nitrogen and oxygen atoms in total. The molecule has 0 aliphatic rings. The Balaban J connectivity index is 2.66. The smallest absolute Gasteiger partial charge is 0.321 e. The molecular formula is C14H21N3O2. The van der Waals surface area contributed by atoms with Crippen molar-refractivity contribution in [3.05, 3.63) is 29.8 Å². The van der Waals surface area contributed by atoms with Gasteiger partial charge in [0.25, 0.3) is 0 Å². The first-order chi connectivity index (χ1) is 8.93. The predicted molar refractivity (Wildman–Crippen MR) is 76.2 cm³/mol. The summed E-state index contributed by atoms with van der Waals surface area (Å²) >= 11 is 0. The summed E-state index contributed by atoms with van der Waals surface area (Å²) in [6.07, 6.45) is 0. The van der Waals surface area contributed by atoms with Gasteiger partial charge in [0, 0.05) is 12.7 Å². The number of benzene rings is 1. The van der Waals surface area contributed by atoms with Crippen LogP contribution in [0.3, 0.4) is 0 Å². The minimum Gasteiger partial charge on any atom is -0.374 e. The molecule has 19 heavy (non-hydrogen) atoms. The van der Waals surface area contributed by atoms with Crippen LogP contribution in [0.15, 0.2) is 24.3 Å². The highest BCUT2D eigenvalue weighted by Gasteiger charge is 2.15. The molecule has 1 aromatic rings. The Morgan fingerprint density at radius 2 is 1.84 bits per heavy atom. The number of anilines is 1. The van der Waals surface area contributed by atoms with Gasteiger partial charge in [-0.25, -0.2) is 4.79 Å². The molecule has 5 heteroatoms. The second-order valence-corrected chi connectivity index (χ2v) is 4.71. The van der Waals surface area contributed by atoms with Gasteiger partial charge < -0.3 is 10.6 Å². The highest BCUT2D eigenvalue weighted by Crippen LogP contribution is 2.18. The topological polar surface area (TPSA) is 70.2 Å². The first-order valence-corrected chi connectivity index (χ1v) is 6.33. The fourth-order valence-electron chi connectivity index (χ4n) is 1.59. The van der Waals surface area contributed by atoms with E-state index >= 15 is 0 Å². The van der Waals surface area contributed by atoms with E-state index in [2.05, 4.69) is 29.8 Å². The second-order valence-electron chi connectivity index (χ2n) is 4.71. The molecule has 0 heterocycles. The van der Waals surface area contributed by atoms with Gasteiger partial charge in [0.2, 0.25) is 5.91 Å². The highest BCUT2D eigenvalue weighted by molar-refractivity contribution is 5.97. The molecule has 0 spiro atoms. The van der Waals surface area contributed by atoms with Gasteiger partial charge >= 0.3 is 6.03 Å². The van der Waals surface area contributed by atoms with Crippen molar-refractivity contribution in [2.45, 2.75) is 32.7 Å². The lowest BCUT2D eigenvalue weighted by molar-refractivity contribution is -0.120. The lowest BCUT2D eigenvalue weighted by Gasteiger charge is -2.16. The zero-order chi connectivity index (χ0) is 14.4. The molecular weight excluding hydrogens is 242 g/mol. The summed E-state index contributed by atoms with van der Waals surface area (Å²) in [5.41, 5.74) is 2.06. The van der Waals surface area contributed by atoms with Crippen molar-refractivity contribution in [1.82, 2.24) is 10.6 Å². The van der Waals surface area contributed by atoms with Crippen LogP contribution in [-0.4, -0.2) is 25.0 Å². The van der Waals surface area contributed by atoms with Crippen LogP contribution in [0, 0.1) is 0 Å². The molecule has 3 amide bonds. The average Bonchev–Trinajstić information content (AvgIpc) is 2.38. The van der Waals surface area contributed by atoms with Crippen molar-refractivity contribution >= 4 is 17.6 Å². The van der Waals surface area contributed by atoms with E-state index in [1.54, 1.807) is 6.92 Å². The van der Waals surface area contributed by atoms with E-state index in [0.717, 1.165) is 5.69 Å². The lowest BCUT2D eigenvalue weighted by Crippen LogP contribution is -2.44. The summed E-state index contributed by atoms with van der Waals surface area (Å²) in [5, 5.41) is 7.65. The van der Waals surface area contributed by atoms with Gasteiger partial charge in [-0.1, -0.05) is 26.0 Å². The van der Waals surface area contributed by atoms with Crippen LogP contribution in [-0.2, 0) is 4.79 Å². The van der Waals surface area contributed by atoms with E-state index in [9.17, 15) is 9.59 Å². The quantitative estimate of drug-likeness (QED) is 0.778. The standard InChI is InChI=1S/C14H21N3O2/c1-9(2)11-6-5-7-12(8-11)16-10(3)13(18)17-14(19)15-4/h5-10,16H,1-4H3,(H2,15,17,18,19). The Morgan fingerprint density at radius 1 is 1.16 bits per heavy atom. The third kappa shape index (κ3) is 4.62. The number of hydrogen-bond donors (Lipinski definition) is 3. The normalized spacial score (nSPS) is 11.8. The van der Waals surface area contributed by atoms with Crippen LogP contribution in [0.5, 0.6) is 0 Å². The van der Waals surface area contributed by atoms with Crippen LogP contribution in [0.4, 0.5) is 10.5 Å². The molecule has 0 aromatic heterocycles. The Hall–Kier alpha value is -2.04. The van der Waals surface area contributed by atoms with Gasteiger partial charge in [-0.05, 0) is 30.5 Å². The molecule has 0 saturated carbocycles. The summed E-state index contributed by atoms with van der Waals surface area (Å²) in [5.74, 6) is 0.0612. The van der Waals surface area contributed by atoms with Crippen LogP contribution in [0.25, 0.3) is 0 Å². The van der Waals surface area contributed by atoms with E-state index in [1.165, 1.54) is 12.6 Å². The number of rotatable bonds is 4. The summed E-state index contributed by atoms with van der Waals surface area (Å²) in [4.78, 5) is 22.8. The molecule has 0 fully saturated rings. The molecule has 1 rings (SSSR count). The lowest BCUT2D eigenvalue weighted by atomic mass is 10.0. The highest BCUT2D eigenvalue weighted by atomic mass is 16.2. The zero-order valence-electron chi connectivity index (χ0n) is 11.8. The Kier molecular flexibility index (Phi) is 5.36. The average molecular weight is 263 g/mol. The molecule has 1 atom stereocenters. The van der Waals surface area contributed by atoms with Crippen LogP contribution in [0.1, 0.15) is 32.3 Å². The Morgan fingerprint density at radius 3 is 2.42 bits per heavy atom. The fraction of sp³-hybridized carbons (Fsp3) is 0.429. The van der Waals surface area contributed by atoms with Crippen LogP contribution < -0.4 is 16.0 Å². The molecule has 0 bridgehead atoms. The molecule has 0 aliphatic carbocycles. The Labute approximate surface area is 113 Å². The monoisotopic (exact) mass is 263 g/mol. The van der Waals surface area contributed by atoms with E-state index in [4.69, 9.17) is 0 Å². The molecule has 104 valence electrons. The number of carbonyl (C=O) groups excluding carboxylic acids is 2. The maximum absolute atomic E-state index is 11.7. The van der Waals surface area contributed by atoms with Crippen LogP contribution in [0.2, 0.25) is 0 Å². The summed E-state index contributed by atoms with van der Waals surface area (Å²) < 4.78 is 0. The van der Waals surface area contributed by atoms with Crippen LogP contribution >= 0.6 is 0 Å². The van der Waals surface area contributed by atoms with Crippen molar-refractivity contribution in [1.29, 1.82) is 0 Å². The maximum atomic E-state index is 11.7. The molecule has 1 unspecified atom stereocenters. The number of amides is 3. The molecule has 3 N–H and O–H groups in total. The third-order valence-corrected chi connectivity index (χ3v) is 2.79. The minimum absolute atomic E-state index is 0.366. The Bertz CT molecular complexity index is 458. The summed E-state index contributed by atoms with van der Waals surface area (Å²) in [6, 6.07) is 6.91. The van der Waals surface area contributed by atoms with Crippen molar-refractivity contribution in [2.24, 2.45) is 0 Å². The third-order valence-electron chi connectivity index (χ3n) is 2.79. The first kappa shape index (κ1) is 15.0. The van der Waals surface area contributed by atoms with E-state index in [-0.39, 0.29) is 5.91 Å². The number of carbonyl (C=O) groups is 2. The SMILES string of the molecule is CNC(=O)NC(=O)C(C)Nc1cccc(C(C)C)c1. The van der Waals surface area contributed by atoms with Gasteiger partial charge in [0.1, 0.15) is 6.04 Å². The van der Waals surface area contributed by atoms with E-state index in [1.807, 2.05) is 24.3 Å². The van der Waals surface area contributed by atoms with Crippen molar-refractivity contribution in [3.63, 3.8) is 0 Å². The summed E-state index contributed by atoms with van der Waals surface area (Å²) in [7, 11) is 1.47. The molecule has 0 saturated heterocycles. The number of nitrogens with one attached hydrogen (secondary N) is 3. The second kappa shape index (κ2) is 6.78. The minimum atomic E-state index is -0.505. The van der Waals surface area contributed by atoms with Gasteiger partial charge in [-0.15, -0.1) is 0 Å². The largest absolute Gasteiger partial charge is 0.374 e. The molecule has 1 aromatic carbocycles.